The number of aromatic nitrogens is 2. The van der Waals surface area contributed by atoms with Crippen LogP contribution in [0.1, 0.15) is 19.4 Å². The lowest BCUT2D eigenvalue weighted by molar-refractivity contribution is 1.09. The van der Waals surface area contributed by atoms with Gasteiger partial charge >= 0.3 is 0 Å². The Morgan fingerprint density at radius 3 is 2.64 bits per heavy atom. The number of aromatic amines is 1. The Morgan fingerprint density at radius 2 is 2.00 bits per heavy atom. The molecular weight excluding hydrogens is 192 g/mol. The van der Waals surface area contributed by atoms with E-state index in [9.17, 15) is 0 Å². The van der Waals surface area contributed by atoms with E-state index in [-0.39, 0.29) is 0 Å². The van der Waals surface area contributed by atoms with Crippen LogP contribution in [0.25, 0.3) is 11.0 Å². The van der Waals surface area contributed by atoms with Crippen molar-refractivity contribution < 1.29 is 0 Å². The van der Waals surface area contributed by atoms with Gasteiger partial charge in [-0.15, -0.1) is 0 Å². The minimum atomic E-state index is 0.982. The van der Waals surface area contributed by atoms with E-state index in [1.165, 1.54) is 5.56 Å². The van der Waals surface area contributed by atoms with Gasteiger partial charge in [-0.2, -0.15) is 0 Å². The van der Waals surface area contributed by atoms with E-state index < -0.39 is 0 Å². The Hall–Kier alpha value is -0.960. The third-order valence-electron chi connectivity index (χ3n) is 1.81. The molecule has 0 atom stereocenters. The summed E-state index contributed by atoms with van der Waals surface area (Å²) in [6, 6.07) is 6.23. The first kappa shape index (κ1) is 11.1. The Labute approximate surface area is 89.1 Å². The van der Waals surface area contributed by atoms with Crippen molar-refractivity contribution in [1.82, 2.24) is 9.97 Å². The lowest BCUT2D eigenvalue weighted by atomic mass is 10.2. The van der Waals surface area contributed by atoms with Crippen molar-refractivity contribution in [1.29, 1.82) is 0 Å². The highest BCUT2D eigenvalue weighted by atomic mass is 32.2. The van der Waals surface area contributed by atoms with Gasteiger partial charge in [-0.05, 0) is 30.9 Å². The first-order chi connectivity index (χ1) is 6.79. The van der Waals surface area contributed by atoms with Gasteiger partial charge < -0.3 is 4.98 Å². The molecule has 2 rings (SSSR count). The number of imidazole rings is 1. The van der Waals surface area contributed by atoms with Crippen LogP contribution in [0.4, 0.5) is 0 Å². The molecule has 0 aliphatic carbocycles. The number of aryl methyl sites for hydroxylation is 1. The fourth-order valence-corrected chi connectivity index (χ4v) is 1.60. The molecule has 0 saturated heterocycles. The molecule has 0 unspecified atom stereocenters. The van der Waals surface area contributed by atoms with Crippen LogP contribution in [0.5, 0.6) is 0 Å². The lowest BCUT2D eigenvalue weighted by Gasteiger charge is -1.89. The van der Waals surface area contributed by atoms with Crippen molar-refractivity contribution in [2.24, 2.45) is 0 Å². The highest BCUT2D eigenvalue weighted by Gasteiger charge is 1.99. The van der Waals surface area contributed by atoms with E-state index >= 15 is 0 Å². The minimum absolute atomic E-state index is 0.982. The van der Waals surface area contributed by atoms with Gasteiger partial charge in [-0.25, -0.2) is 4.98 Å². The number of nitrogens with one attached hydrogen (secondary N) is 1. The molecule has 0 saturated carbocycles. The molecule has 76 valence electrons. The summed E-state index contributed by atoms with van der Waals surface area (Å²) in [7, 11) is 0. The van der Waals surface area contributed by atoms with E-state index in [1.54, 1.807) is 11.8 Å². The summed E-state index contributed by atoms with van der Waals surface area (Å²) < 4.78 is 0. The molecule has 0 aliphatic rings. The first-order valence-corrected chi connectivity index (χ1v) is 6.02. The molecule has 0 amide bonds. The number of hydrogen-bond acceptors (Lipinski definition) is 2. The van der Waals surface area contributed by atoms with Crippen LogP contribution in [0, 0.1) is 6.92 Å². The molecule has 0 aliphatic heterocycles. The first-order valence-electron chi connectivity index (χ1n) is 4.80. The van der Waals surface area contributed by atoms with Gasteiger partial charge in [0.15, 0.2) is 5.16 Å². The average Bonchev–Trinajstić information content (AvgIpc) is 2.62. The second-order valence-corrected chi connectivity index (χ2v) is 3.56. The van der Waals surface area contributed by atoms with Crippen LogP contribution in [0.2, 0.25) is 0 Å². The summed E-state index contributed by atoms with van der Waals surface area (Å²) in [6.45, 7) is 6.08. The Bertz CT molecular complexity index is 407. The van der Waals surface area contributed by atoms with Crippen LogP contribution in [0.3, 0.4) is 0 Å². The molecule has 3 heteroatoms. The largest absolute Gasteiger partial charge is 0.333 e. The topological polar surface area (TPSA) is 28.7 Å². The number of H-pyrrole nitrogens is 1. The van der Waals surface area contributed by atoms with Gasteiger partial charge in [0, 0.05) is 0 Å². The van der Waals surface area contributed by atoms with E-state index in [1.807, 2.05) is 26.2 Å². The monoisotopic (exact) mass is 208 g/mol. The molecule has 0 fully saturated rings. The fourth-order valence-electron chi connectivity index (χ4n) is 1.20. The average molecular weight is 208 g/mol. The zero-order valence-electron chi connectivity index (χ0n) is 9.09. The second-order valence-electron chi connectivity index (χ2n) is 2.77. The summed E-state index contributed by atoms with van der Waals surface area (Å²) in [5.41, 5.74) is 3.43. The quantitative estimate of drug-likeness (QED) is 0.725. The van der Waals surface area contributed by atoms with Crippen LogP contribution in [-0.4, -0.2) is 16.2 Å². The van der Waals surface area contributed by atoms with Gasteiger partial charge in [0.1, 0.15) is 0 Å². The minimum Gasteiger partial charge on any atom is -0.333 e. The molecule has 0 bridgehead atoms. The van der Waals surface area contributed by atoms with Gasteiger partial charge in [0.05, 0.1) is 11.0 Å². The highest BCUT2D eigenvalue weighted by Crippen LogP contribution is 2.17. The molecule has 1 aromatic carbocycles. The predicted octanol–water partition coefficient (Wildman–Crippen LogP) is 3.62. The highest BCUT2D eigenvalue weighted by molar-refractivity contribution is 7.98. The van der Waals surface area contributed by atoms with Crippen molar-refractivity contribution in [2.45, 2.75) is 25.9 Å². The zero-order chi connectivity index (χ0) is 10.6. The number of thioether (sulfide) groups is 1. The lowest BCUT2D eigenvalue weighted by Crippen LogP contribution is -1.71. The number of nitrogens with zero attached hydrogens (tertiary/aromatic N) is 1. The fraction of sp³-hybridized carbons (Fsp3) is 0.364. The van der Waals surface area contributed by atoms with Gasteiger partial charge in [0.25, 0.3) is 0 Å². The number of rotatable bonds is 1. The standard InChI is InChI=1S/C9H10N2S.C2H6/c1-6-3-4-7-8(5-6)11-9(10-7)12-2;1-2/h3-5H,1-2H3,(H,10,11);1-2H3. The molecular formula is C11H16N2S. The zero-order valence-corrected chi connectivity index (χ0v) is 9.90. The Kier molecular flexibility index (Phi) is 4.01. The summed E-state index contributed by atoms with van der Waals surface area (Å²) in [5, 5.41) is 0.982. The van der Waals surface area contributed by atoms with E-state index in [0.29, 0.717) is 0 Å². The maximum absolute atomic E-state index is 4.38. The smallest absolute Gasteiger partial charge is 0.166 e. The van der Waals surface area contributed by atoms with E-state index in [2.05, 4.69) is 29.0 Å². The number of hydrogen-bond donors (Lipinski definition) is 1. The van der Waals surface area contributed by atoms with Gasteiger partial charge in [-0.1, -0.05) is 31.7 Å². The normalized spacial score (nSPS) is 9.71. The SMILES string of the molecule is CC.CSc1nc2ccc(C)cc2[nH]1. The maximum atomic E-state index is 4.38. The Balaban J connectivity index is 0.000000461. The van der Waals surface area contributed by atoms with Crippen molar-refractivity contribution >= 4 is 22.8 Å². The maximum Gasteiger partial charge on any atom is 0.166 e. The van der Waals surface area contributed by atoms with Crippen molar-refractivity contribution in [3.8, 4) is 0 Å². The summed E-state index contributed by atoms with van der Waals surface area (Å²) >= 11 is 1.63. The summed E-state index contributed by atoms with van der Waals surface area (Å²) in [5.74, 6) is 0. The van der Waals surface area contributed by atoms with Crippen molar-refractivity contribution in [2.75, 3.05) is 6.26 Å². The molecule has 0 spiro atoms. The van der Waals surface area contributed by atoms with E-state index in [0.717, 1.165) is 16.2 Å². The Morgan fingerprint density at radius 1 is 1.29 bits per heavy atom. The second kappa shape index (κ2) is 5.05. The van der Waals surface area contributed by atoms with Crippen molar-refractivity contribution in [3.05, 3.63) is 23.8 Å². The molecule has 1 aromatic heterocycles. The predicted molar refractivity (Wildman–Crippen MR) is 64.0 cm³/mol. The van der Waals surface area contributed by atoms with E-state index in [4.69, 9.17) is 0 Å². The number of benzene rings is 1. The molecule has 14 heavy (non-hydrogen) atoms. The number of fused-ring (bicyclic) bond motifs is 1. The van der Waals surface area contributed by atoms with Gasteiger partial charge in [0.2, 0.25) is 0 Å². The third kappa shape index (κ3) is 2.29. The van der Waals surface area contributed by atoms with Crippen LogP contribution in [0.15, 0.2) is 23.4 Å². The summed E-state index contributed by atoms with van der Waals surface area (Å²) in [6.07, 6.45) is 2.02. The molecule has 2 aromatic rings. The van der Waals surface area contributed by atoms with Crippen molar-refractivity contribution in [3.63, 3.8) is 0 Å². The molecule has 0 radical (unpaired) electrons. The molecule has 1 N–H and O–H groups in total. The molecule has 1 heterocycles. The van der Waals surface area contributed by atoms with Gasteiger partial charge in [-0.3, -0.25) is 0 Å². The van der Waals surface area contributed by atoms with Crippen LogP contribution in [-0.2, 0) is 0 Å². The summed E-state index contributed by atoms with van der Waals surface area (Å²) in [4.78, 5) is 7.62. The molecule has 2 nitrogen and oxygen atoms in total. The third-order valence-corrected chi connectivity index (χ3v) is 2.39. The van der Waals surface area contributed by atoms with Crippen LogP contribution < -0.4 is 0 Å². The van der Waals surface area contributed by atoms with Crippen LogP contribution >= 0.6 is 11.8 Å².